The number of hydrogen-bond donors (Lipinski definition) is 2. The Morgan fingerprint density at radius 1 is 1.33 bits per heavy atom. The summed E-state index contributed by atoms with van der Waals surface area (Å²) in [6.07, 6.45) is 2.68. The quantitative estimate of drug-likeness (QED) is 0.663. The van der Waals surface area contributed by atoms with E-state index in [0.717, 1.165) is 36.9 Å². The molecule has 2 N–H and O–H groups in total. The number of rotatable bonds is 0. The van der Waals surface area contributed by atoms with E-state index in [1.807, 2.05) is 6.07 Å². The van der Waals surface area contributed by atoms with E-state index in [9.17, 15) is 9.90 Å². The van der Waals surface area contributed by atoms with Crippen LogP contribution in [-0.4, -0.2) is 17.6 Å². The molecule has 0 aromatic heterocycles. The average molecular weight is 203 g/mol. The Morgan fingerprint density at radius 3 is 2.93 bits per heavy atom. The second-order valence-corrected chi connectivity index (χ2v) is 4.43. The van der Waals surface area contributed by atoms with Crippen LogP contribution in [0.5, 0.6) is 5.75 Å². The van der Waals surface area contributed by atoms with Crippen LogP contribution in [0.3, 0.4) is 0 Å². The van der Waals surface area contributed by atoms with Crippen LogP contribution in [-0.2, 0) is 16.6 Å². The molecule has 1 aliphatic carbocycles. The fourth-order valence-electron chi connectivity index (χ4n) is 2.90. The van der Waals surface area contributed by atoms with Gasteiger partial charge in [0.05, 0.1) is 5.41 Å². The first-order valence-electron chi connectivity index (χ1n) is 5.33. The number of amides is 1. The van der Waals surface area contributed by atoms with Gasteiger partial charge in [0, 0.05) is 6.54 Å². The number of carbonyl (C=O) groups is 1. The third-order valence-electron chi connectivity index (χ3n) is 3.70. The van der Waals surface area contributed by atoms with Gasteiger partial charge in [-0.3, -0.25) is 4.79 Å². The monoisotopic (exact) mass is 203 g/mol. The highest BCUT2D eigenvalue weighted by atomic mass is 16.3. The van der Waals surface area contributed by atoms with E-state index in [0.29, 0.717) is 5.75 Å². The third kappa shape index (κ3) is 1.03. The number of phenolic OH excluding ortho intramolecular Hbond substituents is 1. The van der Waals surface area contributed by atoms with Crippen molar-refractivity contribution in [1.29, 1.82) is 0 Å². The summed E-state index contributed by atoms with van der Waals surface area (Å²) in [5.74, 6) is 0.455. The lowest BCUT2D eigenvalue weighted by Gasteiger charge is -2.20. The number of nitrogens with one attached hydrogen (secondary N) is 1. The Kier molecular flexibility index (Phi) is 1.61. The van der Waals surface area contributed by atoms with Crippen LogP contribution in [0.25, 0.3) is 0 Å². The first-order chi connectivity index (χ1) is 7.22. The number of aromatic hydroxyl groups is 1. The predicted molar refractivity (Wildman–Crippen MR) is 55.7 cm³/mol. The molecule has 1 saturated heterocycles. The molecule has 15 heavy (non-hydrogen) atoms. The van der Waals surface area contributed by atoms with E-state index in [1.54, 1.807) is 12.1 Å². The Hall–Kier alpha value is -1.51. The fraction of sp³-hybridized carbons (Fsp3) is 0.417. The van der Waals surface area contributed by atoms with Crippen LogP contribution in [0.15, 0.2) is 18.2 Å². The van der Waals surface area contributed by atoms with Crippen LogP contribution >= 0.6 is 0 Å². The molecule has 1 amide bonds. The molecule has 0 saturated carbocycles. The van der Waals surface area contributed by atoms with Gasteiger partial charge in [0.25, 0.3) is 0 Å². The van der Waals surface area contributed by atoms with Crippen LogP contribution < -0.4 is 5.32 Å². The number of aryl methyl sites for hydroxylation is 1. The molecule has 1 unspecified atom stereocenters. The standard InChI is InChI=1S/C12H13NO2/c14-9-1-2-10-8(7-9)3-4-12(10)5-6-13-11(12)15/h1-2,7,14H,3-6H2,(H,13,15). The van der Waals surface area contributed by atoms with Crippen molar-refractivity contribution >= 4 is 5.91 Å². The maximum absolute atomic E-state index is 11.9. The summed E-state index contributed by atoms with van der Waals surface area (Å²) in [5, 5.41) is 12.3. The van der Waals surface area contributed by atoms with Crippen molar-refractivity contribution in [2.45, 2.75) is 24.7 Å². The summed E-state index contributed by atoms with van der Waals surface area (Å²) in [6.45, 7) is 0.777. The van der Waals surface area contributed by atoms with Crippen molar-refractivity contribution in [3.8, 4) is 5.75 Å². The fourth-order valence-corrected chi connectivity index (χ4v) is 2.90. The highest BCUT2D eigenvalue weighted by molar-refractivity contribution is 5.91. The van der Waals surface area contributed by atoms with Crippen molar-refractivity contribution in [3.05, 3.63) is 29.3 Å². The van der Waals surface area contributed by atoms with Crippen LogP contribution in [0.4, 0.5) is 0 Å². The van der Waals surface area contributed by atoms with E-state index in [1.165, 1.54) is 0 Å². The molecule has 1 fully saturated rings. The molecule has 1 aliphatic heterocycles. The lowest BCUT2D eigenvalue weighted by Crippen LogP contribution is -2.33. The minimum Gasteiger partial charge on any atom is -0.508 e. The zero-order valence-corrected chi connectivity index (χ0v) is 8.42. The molecule has 1 aromatic rings. The minimum atomic E-state index is -0.289. The van der Waals surface area contributed by atoms with Crippen molar-refractivity contribution < 1.29 is 9.90 Å². The topological polar surface area (TPSA) is 49.3 Å². The van der Waals surface area contributed by atoms with E-state index in [-0.39, 0.29) is 11.3 Å². The van der Waals surface area contributed by atoms with Crippen molar-refractivity contribution in [3.63, 3.8) is 0 Å². The van der Waals surface area contributed by atoms with Gasteiger partial charge in [0.15, 0.2) is 0 Å². The summed E-state index contributed by atoms with van der Waals surface area (Å²) in [5.41, 5.74) is 1.96. The second kappa shape index (κ2) is 2.75. The van der Waals surface area contributed by atoms with Crippen molar-refractivity contribution in [1.82, 2.24) is 5.32 Å². The van der Waals surface area contributed by atoms with Gasteiger partial charge in [-0.15, -0.1) is 0 Å². The first-order valence-corrected chi connectivity index (χ1v) is 5.33. The van der Waals surface area contributed by atoms with E-state index in [4.69, 9.17) is 0 Å². The SMILES string of the molecule is O=C1NCCC12CCc1cc(O)ccc12. The number of carbonyl (C=O) groups excluding carboxylic acids is 1. The molecule has 1 heterocycles. The molecule has 3 heteroatoms. The highest BCUT2D eigenvalue weighted by Gasteiger charge is 2.47. The van der Waals surface area contributed by atoms with Gasteiger partial charge in [-0.2, -0.15) is 0 Å². The van der Waals surface area contributed by atoms with Gasteiger partial charge in [-0.25, -0.2) is 0 Å². The maximum Gasteiger partial charge on any atom is 0.230 e. The molecule has 78 valence electrons. The van der Waals surface area contributed by atoms with E-state index in [2.05, 4.69) is 5.32 Å². The summed E-state index contributed by atoms with van der Waals surface area (Å²) in [4.78, 5) is 11.9. The molecule has 3 nitrogen and oxygen atoms in total. The molecule has 0 bridgehead atoms. The number of phenols is 1. The molecule has 2 aliphatic rings. The Balaban J connectivity index is 2.15. The number of benzene rings is 1. The van der Waals surface area contributed by atoms with Crippen molar-refractivity contribution in [2.24, 2.45) is 0 Å². The third-order valence-corrected chi connectivity index (χ3v) is 3.70. The Bertz CT molecular complexity index is 441. The molecular formula is C12H13NO2. The van der Waals surface area contributed by atoms with Gasteiger partial charge < -0.3 is 10.4 Å². The van der Waals surface area contributed by atoms with Crippen molar-refractivity contribution in [2.75, 3.05) is 6.54 Å². The molecular weight excluding hydrogens is 190 g/mol. The molecule has 3 rings (SSSR count). The largest absolute Gasteiger partial charge is 0.508 e. The van der Waals surface area contributed by atoms with E-state index >= 15 is 0 Å². The molecule has 1 aromatic carbocycles. The molecule has 1 spiro atoms. The van der Waals surface area contributed by atoms with Crippen LogP contribution in [0.1, 0.15) is 24.0 Å². The van der Waals surface area contributed by atoms with E-state index < -0.39 is 0 Å². The predicted octanol–water partition coefficient (Wildman–Crippen LogP) is 1.10. The smallest absolute Gasteiger partial charge is 0.230 e. The minimum absolute atomic E-state index is 0.159. The molecule has 1 atom stereocenters. The Labute approximate surface area is 88.1 Å². The summed E-state index contributed by atoms with van der Waals surface area (Å²) in [6, 6.07) is 5.37. The number of fused-ring (bicyclic) bond motifs is 2. The van der Waals surface area contributed by atoms with Gasteiger partial charge in [-0.05, 0) is 42.5 Å². The van der Waals surface area contributed by atoms with Crippen LogP contribution in [0, 0.1) is 0 Å². The summed E-state index contributed by atoms with van der Waals surface area (Å²) >= 11 is 0. The van der Waals surface area contributed by atoms with Gasteiger partial charge >= 0.3 is 0 Å². The first kappa shape index (κ1) is 8.77. The lowest BCUT2D eigenvalue weighted by atomic mass is 9.80. The number of hydrogen-bond acceptors (Lipinski definition) is 2. The summed E-state index contributed by atoms with van der Waals surface area (Å²) in [7, 11) is 0. The van der Waals surface area contributed by atoms with Gasteiger partial charge in [-0.1, -0.05) is 6.07 Å². The normalized spacial score (nSPS) is 28.1. The molecule has 0 radical (unpaired) electrons. The Morgan fingerprint density at radius 2 is 2.20 bits per heavy atom. The zero-order valence-electron chi connectivity index (χ0n) is 8.42. The lowest BCUT2D eigenvalue weighted by molar-refractivity contribution is -0.123. The zero-order chi connectivity index (χ0) is 10.5. The highest BCUT2D eigenvalue weighted by Crippen LogP contribution is 2.44. The van der Waals surface area contributed by atoms with Crippen LogP contribution in [0.2, 0.25) is 0 Å². The second-order valence-electron chi connectivity index (χ2n) is 4.43. The maximum atomic E-state index is 11.9. The average Bonchev–Trinajstić information content (AvgIpc) is 2.75. The van der Waals surface area contributed by atoms with Gasteiger partial charge in [0.1, 0.15) is 5.75 Å². The van der Waals surface area contributed by atoms with Gasteiger partial charge in [0.2, 0.25) is 5.91 Å². The summed E-state index contributed by atoms with van der Waals surface area (Å²) < 4.78 is 0.